The smallest absolute Gasteiger partial charge is 0.241 e. The van der Waals surface area contributed by atoms with E-state index in [-0.39, 0.29) is 0 Å². The lowest BCUT2D eigenvalue weighted by atomic mass is 9.99. The van der Waals surface area contributed by atoms with E-state index >= 15 is 0 Å². The minimum atomic E-state index is -3.37. The molecule has 0 aliphatic heterocycles. The van der Waals surface area contributed by atoms with E-state index in [1.807, 2.05) is 19.9 Å². The summed E-state index contributed by atoms with van der Waals surface area (Å²) in [4.78, 5) is 2.39. The first kappa shape index (κ1) is 16.9. The Bertz CT molecular complexity index is 566. The first-order valence-corrected chi connectivity index (χ1v) is 10.0. The first-order valence-electron chi connectivity index (χ1n) is 7.73. The van der Waals surface area contributed by atoms with Gasteiger partial charge in [0.1, 0.15) is 0 Å². The van der Waals surface area contributed by atoms with E-state index in [1.54, 1.807) is 11.3 Å². The normalized spacial score (nSPS) is 22.8. The van der Waals surface area contributed by atoms with E-state index in [0.29, 0.717) is 23.3 Å². The van der Waals surface area contributed by atoms with Gasteiger partial charge in [0.2, 0.25) is 10.0 Å². The van der Waals surface area contributed by atoms with Crippen LogP contribution >= 0.6 is 11.3 Å². The first-order chi connectivity index (χ1) is 9.94. The van der Waals surface area contributed by atoms with Crippen LogP contribution in [-0.2, 0) is 16.6 Å². The van der Waals surface area contributed by atoms with Crippen LogP contribution in [0.5, 0.6) is 0 Å². The fraction of sp³-hybridized carbons (Fsp3) is 0.733. The highest BCUT2D eigenvalue weighted by atomic mass is 32.2. The van der Waals surface area contributed by atoms with Gasteiger partial charge in [0, 0.05) is 22.8 Å². The van der Waals surface area contributed by atoms with Crippen molar-refractivity contribution in [1.82, 2.24) is 10.0 Å². The second kappa shape index (κ2) is 7.22. The molecule has 1 aliphatic rings. The lowest BCUT2D eigenvalue weighted by molar-refractivity contribution is 0.414. The number of rotatable bonds is 7. The van der Waals surface area contributed by atoms with Crippen LogP contribution in [0, 0.1) is 18.8 Å². The summed E-state index contributed by atoms with van der Waals surface area (Å²) in [7, 11) is -3.37. The number of sulfonamides is 1. The molecule has 6 heteroatoms. The maximum Gasteiger partial charge on any atom is 0.241 e. The van der Waals surface area contributed by atoms with Crippen molar-refractivity contribution in [2.75, 3.05) is 13.1 Å². The molecule has 21 heavy (non-hydrogen) atoms. The van der Waals surface area contributed by atoms with Crippen LogP contribution < -0.4 is 10.0 Å². The monoisotopic (exact) mass is 330 g/mol. The third-order valence-corrected chi connectivity index (χ3v) is 7.07. The maximum absolute atomic E-state index is 12.5. The van der Waals surface area contributed by atoms with Gasteiger partial charge in [0.05, 0.1) is 4.90 Å². The highest BCUT2D eigenvalue weighted by Gasteiger charge is 2.26. The summed E-state index contributed by atoms with van der Waals surface area (Å²) in [5.41, 5.74) is 0. The average Bonchev–Trinajstić information content (AvgIpc) is 3.00. The molecule has 0 bridgehead atoms. The predicted octanol–water partition coefficient (Wildman–Crippen LogP) is 2.88. The van der Waals surface area contributed by atoms with Gasteiger partial charge in [-0.15, -0.1) is 11.3 Å². The number of thiophene rings is 1. The van der Waals surface area contributed by atoms with E-state index in [2.05, 4.69) is 17.0 Å². The van der Waals surface area contributed by atoms with Gasteiger partial charge in [0.25, 0.3) is 0 Å². The minimum absolute atomic E-state index is 0.450. The summed E-state index contributed by atoms with van der Waals surface area (Å²) >= 11 is 1.56. The van der Waals surface area contributed by atoms with E-state index in [9.17, 15) is 8.42 Å². The molecule has 0 amide bonds. The number of aryl methyl sites for hydroxylation is 1. The Morgan fingerprint density at radius 2 is 2.14 bits per heavy atom. The van der Waals surface area contributed by atoms with Crippen LogP contribution in [0.25, 0.3) is 0 Å². The molecule has 1 fully saturated rings. The molecule has 0 spiro atoms. The number of hydrogen-bond donors (Lipinski definition) is 2. The molecule has 2 rings (SSSR count). The highest BCUT2D eigenvalue weighted by molar-refractivity contribution is 7.89. The quantitative estimate of drug-likeness (QED) is 0.808. The van der Waals surface area contributed by atoms with Gasteiger partial charge in [-0.25, -0.2) is 13.1 Å². The zero-order valence-corrected chi connectivity index (χ0v) is 14.7. The lowest BCUT2D eigenvalue weighted by Gasteiger charge is -2.15. The molecule has 1 aliphatic carbocycles. The fourth-order valence-corrected chi connectivity index (χ4v) is 5.64. The van der Waals surface area contributed by atoms with Crippen molar-refractivity contribution in [2.24, 2.45) is 11.8 Å². The van der Waals surface area contributed by atoms with E-state index in [1.165, 1.54) is 12.8 Å². The summed E-state index contributed by atoms with van der Waals surface area (Å²) in [5.74, 6) is 1.11. The third kappa shape index (κ3) is 4.28. The van der Waals surface area contributed by atoms with Crippen LogP contribution in [-0.4, -0.2) is 21.5 Å². The SMILES string of the molecule is CCNCc1cc(S(=O)(=O)NCC2CCCC2C)c(C)s1. The Morgan fingerprint density at radius 1 is 1.38 bits per heavy atom. The molecule has 120 valence electrons. The summed E-state index contributed by atoms with van der Waals surface area (Å²) in [6.45, 7) is 8.33. The van der Waals surface area contributed by atoms with Gasteiger partial charge in [-0.1, -0.05) is 26.7 Å². The van der Waals surface area contributed by atoms with Crippen molar-refractivity contribution in [3.05, 3.63) is 15.8 Å². The zero-order chi connectivity index (χ0) is 15.5. The Kier molecular flexibility index (Phi) is 5.82. The molecule has 0 radical (unpaired) electrons. The number of hydrogen-bond acceptors (Lipinski definition) is 4. The summed E-state index contributed by atoms with van der Waals surface area (Å²) in [6, 6.07) is 1.81. The summed E-state index contributed by atoms with van der Waals surface area (Å²) < 4.78 is 27.8. The molecule has 0 saturated heterocycles. The van der Waals surface area contributed by atoms with Gasteiger partial charge in [0.15, 0.2) is 0 Å². The molecular formula is C15H26N2O2S2. The Balaban J connectivity index is 2.03. The molecule has 1 heterocycles. The standard InChI is InChI=1S/C15H26N2O2S2/c1-4-16-10-14-8-15(12(3)20-14)21(18,19)17-9-13-7-5-6-11(13)2/h8,11,13,16-17H,4-7,9-10H2,1-3H3. The summed E-state index contributed by atoms with van der Waals surface area (Å²) in [5, 5.41) is 3.23. The third-order valence-electron chi connectivity index (χ3n) is 4.34. The number of nitrogens with one attached hydrogen (secondary N) is 2. The lowest BCUT2D eigenvalue weighted by Crippen LogP contribution is -2.30. The Morgan fingerprint density at radius 3 is 2.76 bits per heavy atom. The average molecular weight is 331 g/mol. The van der Waals surface area contributed by atoms with Crippen molar-refractivity contribution < 1.29 is 8.42 Å². The molecule has 4 nitrogen and oxygen atoms in total. The molecule has 2 atom stereocenters. The van der Waals surface area contributed by atoms with Crippen LogP contribution in [0.1, 0.15) is 42.9 Å². The molecule has 0 aromatic carbocycles. The molecule has 1 saturated carbocycles. The van der Waals surface area contributed by atoms with Gasteiger partial charge in [-0.05, 0) is 37.8 Å². The van der Waals surface area contributed by atoms with Crippen molar-refractivity contribution in [3.63, 3.8) is 0 Å². The Labute approximate surface area is 132 Å². The minimum Gasteiger partial charge on any atom is -0.312 e. The van der Waals surface area contributed by atoms with Crippen LogP contribution in [0.3, 0.4) is 0 Å². The van der Waals surface area contributed by atoms with Crippen molar-refractivity contribution in [1.29, 1.82) is 0 Å². The zero-order valence-electron chi connectivity index (χ0n) is 13.1. The summed E-state index contributed by atoms with van der Waals surface area (Å²) in [6.07, 6.45) is 3.58. The predicted molar refractivity (Wildman–Crippen MR) is 88.1 cm³/mol. The fourth-order valence-electron chi connectivity index (χ4n) is 2.95. The van der Waals surface area contributed by atoms with Crippen molar-refractivity contribution in [3.8, 4) is 0 Å². The van der Waals surface area contributed by atoms with Crippen molar-refractivity contribution >= 4 is 21.4 Å². The van der Waals surface area contributed by atoms with E-state index < -0.39 is 10.0 Å². The largest absolute Gasteiger partial charge is 0.312 e. The second-order valence-corrected chi connectivity index (χ2v) is 9.01. The van der Waals surface area contributed by atoms with Gasteiger partial charge in [-0.2, -0.15) is 0 Å². The maximum atomic E-state index is 12.5. The van der Waals surface area contributed by atoms with Crippen LogP contribution in [0.15, 0.2) is 11.0 Å². The molecule has 2 unspecified atom stereocenters. The molecular weight excluding hydrogens is 304 g/mol. The van der Waals surface area contributed by atoms with E-state index in [0.717, 1.165) is 29.3 Å². The van der Waals surface area contributed by atoms with Gasteiger partial charge >= 0.3 is 0 Å². The van der Waals surface area contributed by atoms with Crippen molar-refractivity contribution in [2.45, 2.75) is 51.5 Å². The highest BCUT2D eigenvalue weighted by Crippen LogP contribution is 2.31. The van der Waals surface area contributed by atoms with Crippen LogP contribution in [0.4, 0.5) is 0 Å². The molecule has 1 aromatic rings. The van der Waals surface area contributed by atoms with Gasteiger partial charge in [-0.3, -0.25) is 0 Å². The van der Waals surface area contributed by atoms with E-state index in [4.69, 9.17) is 0 Å². The Hall–Kier alpha value is -0.430. The van der Waals surface area contributed by atoms with Gasteiger partial charge < -0.3 is 5.32 Å². The second-order valence-electron chi connectivity index (χ2n) is 5.93. The molecule has 2 N–H and O–H groups in total. The topological polar surface area (TPSA) is 58.2 Å². The van der Waals surface area contributed by atoms with Crippen LogP contribution in [0.2, 0.25) is 0 Å². The molecule has 1 aromatic heterocycles.